The molecule has 22 heavy (non-hydrogen) atoms. The number of benzene rings is 2. The fourth-order valence-corrected chi connectivity index (χ4v) is 1.81. The van der Waals surface area contributed by atoms with E-state index in [1.165, 1.54) is 0 Å². The molecule has 6 nitrogen and oxygen atoms in total. The first-order chi connectivity index (χ1) is 10.5. The minimum absolute atomic E-state index is 0.425. The summed E-state index contributed by atoms with van der Waals surface area (Å²) < 4.78 is 23.9. The average Bonchev–Trinajstić information content (AvgIpc) is 2.46. The van der Waals surface area contributed by atoms with E-state index in [1.54, 1.807) is 24.3 Å². The van der Waals surface area contributed by atoms with Crippen LogP contribution in [-0.4, -0.2) is 17.5 Å². The van der Waals surface area contributed by atoms with E-state index < -0.39 is 34.8 Å². The molecule has 2 rings (SSSR count). The van der Waals surface area contributed by atoms with Crippen molar-refractivity contribution in [2.24, 2.45) is 0 Å². The van der Waals surface area contributed by atoms with Gasteiger partial charge in [-0.3, -0.25) is 10.1 Å². The van der Waals surface area contributed by atoms with E-state index in [9.17, 15) is 19.3 Å². The molecule has 0 bridgehead atoms. The lowest BCUT2D eigenvalue weighted by Crippen LogP contribution is -2.18. The van der Waals surface area contributed by atoms with Gasteiger partial charge in [0.2, 0.25) is 5.75 Å². The Morgan fingerprint density at radius 3 is 2.55 bits per heavy atom. The third-order valence-electron chi connectivity index (χ3n) is 2.51. The summed E-state index contributed by atoms with van der Waals surface area (Å²) in [7, 11) is 0. The van der Waals surface area contributed by atoms with Crippen molar-refractivity contribution in [2.45, 2.75) is 0 Å². The van der Waals surface area contributed by atoms with E-state index in [-0.39, 0.29) is 0 Å². The molecule has 0 amide bonds. The van der Waals surface area contributed by atoms with Crippen LogP contribution in [0.3, 0.4) is 0 Å². The first kappa shape index (κ1) is 15.9. The second-order valence-corrected chi connectivity index (χ2v) is 5.00. The van der Waals surface area contributed by atoms with Crippen molar-refractivity contribution in [3.63, 3.8) is 0 Å². The van der Waals surface area contributed by atoms with Gasteiger partial charge < -0.3 is 9.47 Å². The lowest BCUT2D eigenvalue weighted by atomic mass is 10.3. The Bertz CT molecular complexity index is 705. The summed E-state index contributed by atoms with van der Waals surface area (Å²) in [5.41, 5.74) is -0.501. The normalized spacial score (nSPS) is 10.1. The second kappa shape index (κ2) is 6.99. The van der Waals surface area contributed by atoms with Gasteiger partial charge in [-0.05, 0) is 30.3 Å². The molecule has 114 valence electrons. The summed E-state index contributed by atoms with van der Waals surface area (Å²) in [6.45, 7) is -0.463. The Balaban J connectivity index is 2.01. The molecule has 2 aromatic carbocycles. The standard InChI is InChI=1S/C14H9BrFNO5/c15-9-1-4-11(5-2-9)21-8-14(18)22-13-7-10(16)3-6-12(13)17(19)20/h1-7H,8H2. The molecule has 2 aromatic rings. The van der Waals surface area contributed by atoms with Crippen LogP contribution in [0.2, 0.25) is 0 Å². The van der Waals surface area contributed by atoms with Gasteiger partial charge in [-0.15, -0.1) is 0 Å². The lowest BCUT2D eigenvalue weighted by molar-refractivity contribution is -0.385. The monoisotopic (exact) mass is 369 g/mol. The van der Waals surface area contributed by atoms with Crippen LogP contribution in [0.25, 0.3) is 0 Å². The van der Waals surface area contributed by atoms with Gasteiger partial charge in [0.15, 0.2) is 6.61 Å². The molecule has 0 N–H and O–H groups in total. The SMILES string of the molecule is O=C(COc1ccc(Br)cc1)Oc1cc(F)ccc1[N+](=O)[O-]. The predicted molar refractivity (Wildman–Crippen MR) is 78.3 cm³/mol. The molecule has 0 heterocycles. The van der Waals surface area contributed by atoms with Gasteiger partial charge in [0.1, 0.15) is 11.6 Å². The molecule has 0 spiro atoms. The topological polar surface area (TPSA) is 78.7 Å². The van der Waals surface area contributed by atoms with Crippen molar-refractivity contribution in [3.8, 4) is 11.5 Å². The quantitative estimate of drug-likeness (QED) is 0.349. The van der Waals surface area contributed by atoms with Crippen LogP contribution >= 0.6 is 15.9 Å². The molecule has 0 saturated carbocycles. The number of hydrogen-bond acceptors (Lipinski definition) is 5. The maximum Gasteiger partial charge on any atom is 0.349 e. The van der Waals surface area contributed by atoms with Crippen molar-refractivity contribution in [2.75, 3.05) is 6.61 Å². The van der Waals surface area contributed by atoms with Gasteiger partial charge in [-0.2, -0.15) is 0 Å². The zero-order valence-corrected chi connectivity index (χ0v) is 12.6. The molecule has 0 radical (unpaired) electrons. The van der Waals surface area contributed by atoms with E-state index in [4.69, 9.17) is 9.47 Å². The highest BCUT2D eigenvalue weighted by molar-refractivity contribution is 9.10. The van der Waals surface area contributed by atoms with Gasteiger partial charge in [0, 0.05) is 16.6 Å². The van der Waals surface area contributed by atoms with Crippen molar-refractivity contribution in [3.05, 3.63) is 62.9 Å². The summed E-state index contributed by atoms with van der Waals surface area (Å²) in [5, 5.41) is 10.8. The van der Waals surface area contributed by atoms with Crippen LogP contribution < -0.4 is 9.47 Å². The number of nitro groups is 1. The van der Waals surface area contributed by atoms with Gasteiger partial charge in [0.25, 0.3) is 0 Å². The second-order valence-electron chi connectivity index (χ2n) is 4.09. The Morgan fingerprint density at radius 1 is 1.23 bits per heavy atom. The van der Waals surface area contributed by atoms with Gasteiger partial charge in [-0.1, -0.05) is 15.9 Å². The van der Waals surface area contributed by atoms with E-state index >= 15 is 0 Å². The maximum absolute atomic E-state index is 13.1. The molecule has 0 aliphatic heterocycles. The van der Waals surface area contributed by atoms with Crippen LogP contribution in [0.4, 0.5) is 10.1 Å². The summed E-state index contributed by atoms with van der Waals surface area (Å²) in [6.07, 6.45) is 0. The summed E-state index contributed by atoms with van der Waals surface area (Å²) >= 11 is 3.25. The largest absolute Gasteiger partial charge is 0.482 e. The summed E-state index contributed by atoms with van der Waals surface area (Å²) in [6, 6.07) is 9.30. The van der Waals surface area contributed by atoms with Crippen LogP contribution in [0, 0.1) is 15.9 Å². The van der Waals surface area contributed by atoms with Crippen LogP contribution in [-0.2, 0) is 4.79 Å². The van der Waals surface area contributed by atoms with Crippen LogP contribution in [0.5, 0.6) is 11.5 Å². The number of carbonyl (C=O) groups is 1. The Morgan fingerprint density at radius 2 is 1.91 bits per heavy atom. The van der Waals surface area contributed by atoms with E-state index in [0.717, 1.165) is 22.7 Å². The minimum Gasteiger partial charge on any atom is -0.482 e. The third-order valence-corrected chi connectivity index (χ3v) is 3.04. The molecule has 0 unspecified atom stereocenters. The fraction of sp³-hybridized carbons (Fsp3) is 0.0714. The molecule has 8 heteroatoms. The zero-order chi connectivity index (χ0) is 16.1. The summed E-state index contributed by atoms with van der Waals surface area (Å²) in [5.74, 6) is -1.66. The Kier molecular flexibility index (Phi) is 5.05. The van der Waals surface area contributed by atoms with Crippen molar-refractivity contribution in [1.82, 2.24) is 0 Å². The molecule has 0 saturated heterocycles. The summed E-state index contributed by atoms with van der Waals surface area (Å²) in [4.78, 5) is 21.7. The highest BCUT2D eigenvalue weighted by Crippen LogP contribution is 2.27. The fourth-order valence-electron chi connectivity index (χ4n) is 1.55. The maximum atomic E-state index is 13.1. The molecule has 0 aliphatic rings. The van der Waals surface area contributed by atoms with Crippen LogP contribution in [0.15, 0.2) is 46.9 Å². The highest BCUT2D eigenvalue weighted by Gasteiger charge is 2.19. The Hall–Kier alpha value is -2.48. The van der Waals surface area contributed by atoms with Gasteiger partial charge in [0.05, 0.1) is 4.92 Å². The van der Waals surface area contributed by atoms with E-state index in [1.807, 2.05) is 0 Å². The average molecular weight is 370 g/mol. The number of ether oxygens (including phenoxy) is 2. The van der Waals surface area contributed by atoms with E-state index in [2.05, 4.69) is 15.9 Å². The Labute approximate surface area is 132 Å². The number of esters is 1. The number of carbonyl (C=O) groups excluding carboxylic acids is 1. The first-order valence-corrected chi connectivity index (χ1v) is 6.78. The number of nitrogens with zero attached hydrogens (tertiary/aromatic N) is 1. The van der Waals surface area contributed by atoms with Gasteiger partial charge >= 0.3 is 11.7 Å². The van der Waals surface area contributed by atoms with Gasteiger partial charge in [-0.25, -0.2) is 9.18 Å². The van der Waals surface area contributed by atoms with E-state index in [0.29, 0.717) is 5.75 Å². The highest BCUT2D eigenvalue weighted by atomic mass is 79.9. The minimum atomic E-state index is -0.878. The molecule has 0 aliphatic carbocycles. The molecular formula is C14H9BrFNO5. The number of hydrogen-bond donors (Lipinski definition) is 0. The smallest absolute Gasteiger partial charge is 0.349 e. The predicted octanol–water partition coefficient (Wildman–Crippen LogP) is 3.48. The molecule has 0 aromatic heterocycles. The molecular weight excluding hydrogens is 361 g/mol. The van der Waals surface area contributed by atoms with Crippen LogP contribution in [0.1, 0.15) is 0 Å². The number of halogens is 2. The third kappa shape index (κ3) is 4.26. The number of rotatable bonds is 5. The molecule has 0 fully saturated rings. The first-order valence-electron chi connectivity index (χ1n) is 5.98. The van der Waals surface area contributed by atoms with Crippen molar-refractivity contribution in [1.29, 1.82) is 0 Å². The molecule has 0 atom stereocenters. The number of nitro benzene ring substituents is 1. The van der Waals surface area contributed by atoms with Crippen molar-refractivity contribution < 1.29 is 23.6 Å². The van der Waals surface area contributed by atoms with Crippen molar-refractivity contribution >= 4 is 27.6 Å². The zero-order valence-electron chi connectivity index (χ0n) is 11.0. The lowest BCUT2D eigenvalue weighted by Gasteiger charge is -2.07.